The first-order valence-electron chi connectivity index (χ1n) is 3.94. The standard InChI is InChI=1S/C10H7BrN2/c11-8-1-2-9-7(3-4-12)6-13-10(9)5-8/h1-2,5-6,13H,3H2. The number of halogens is 1. The summed E-state index contributed by atoms with van der Waals surface area (Å²) in [7, 11) is 0. The van der Waals surface area contributed by atoms with Gasteiger partial charge in [-0.1, -0.05) is 22.0 Å². The number of nitrogens with one attached hydrogen (secondary N) is 1. The van der Waals surface area contributed by atoms with Gasteiger partial charge in [0.2, 0.25) is 0 Å². The van der Waals surface area contributed by atoms with Gasteiger partial charge in [0.05, 0.1) is 12.5 Å². The first-order valence-corrected chi connectivity index (χ1v) is 4.73. The lowest BCUT2D eigenvalue weighted by Gasteiger charge is -1.92. The van der Waals surface area contributed by atoms with Crippen molar-refractivity contribution in [3.8, 4) is 6.07 Å². The van der Waals surface area contributed by atoms with Crippen LogP contribution in [-0.2, 0) is 6.42 Å². The van der Waals surface area contributed by atoms with Crippen molar-refractivity contribution in [1.82, 2.24) is 4.98 Å². The van der Waals surface area contributed by atoms with E-state index in [2.05, 4.69) is 27.0 Å². The first kappa shape index (κ1) is 8.33. The van der Waals surface area contributed by atoms with Crippen LogP contribution in [0.4, 0.5) is 0 Å². The number of fused-ring (bicyclic) bond motifs is 1. The largest absolute Gasteiger partial charge is 0.361 e. The van der Waals surface area contributed by atoms with Crippen molar-refractivity contribution in [2.45, 2.75) is 6.42 Å². The maximum Gasteiger partial charge on any atom is 0.0670 e. The molecular formula is C10H7BrN2. The van der Waals surface area contributed by atoms with E-state index < -0.39 is 0 Å². The van der Waals surface area contributed by atoms with Crippen LogP contribution >= 0.6 is 15.9 Å². The fraction of sp³-hybridized carbons (Fsp3) is 0.100. The minimum Gasteiger partial charge on any atom is -0.361 e. The zero-order valence-electron chi connectivity index (χ0n) is 6.84. The lowest BCUT2D eigenvalue weighted by Crippen LogP contribution is -1.76. The van der Waals surface area contributed by atoms with Crippen molar-refractivity contribution in [2.75, 3.05) is 0 Å². The lowest BCUT2D eigenvalue weighted by atomic mass is 10.1. The molecule has 2 rings (SSSR count). The average molecular weight is 235 g/mol. The molecule has 0 bridgehead atoms. The SMILES string of the molecule is N#CCc1c[nH]c2cc(Br)ccc12. The van der Waals surface area contributed by atoms with Crippen molar-refractivity contribution in [3.05, 3.63) is 34.4 Å². The number of hydrogen-bond acceptors (Lipinski definition) is 1. The van der Waals surface area contributed by atoms with Crippen molar-refractivity contribution >= 4 is 26.8 Å². The minimum atomic E-state index is 0.460. The van der Waals surface area contributed by atoms with Crippen LogP contribution in [0, 0.1) is 11.3 Å². The Morgan fingerprint density at radius 1 is 1.46 bits per heavy atom. The van der Waals surface area contributed by atoms with E-state index in [1.807, 2.05) is 24.4 Å². The summed E-state index contributed by atoms with van der Waals surface area (Å²) in [6.45, 7) is 0. The maximum atomic E-state index is 8.58. The molecule has 0 spiro atoms. The number of H-pyrrole nitrogens is 1. The molecule has 2 aromatic rings. The molecule has 0 unspecified atom stereocenters. The molecule has 0 atom stereocenters. The third kappa shape index (κ3) is 1.45. The fourth-order valence-electron chi connectivity index (χ4n) is 1.39. The van der Waals surface area contributed by atoms with Crippen LogP contribution in [0.3, 0.4) is 0 Å². The lowest BCUT2D eigenvalue weighted by molar-refractivity contribution is 1.28. The Hall–Kier alpha value is -1.27. The van der Waals surface area contributed by atoms with Crippen LogP contribution in [-0.4, -0.2) is 4.98 Å². The summed E-state index contributed by atoms with van der Waals surface area (Å²) in [5.74, 6) is 0. The molecule has 2 nitrogen and oxygen atoms in total. The van der Waals surface area contributed by atoms with Gasteiger partial charge in [-0.05, 0) is 17.7 Å². The first-order chi connectivity index (χ1) is 6.31. The number of nitriles is 1. The van der Waals surface area contributed by atoms with Gasteiger partial charge in [0.15, 0.2) is 0 Å². The van der Waals surface area contributed by atoms with Crippen LogP contribution in [0.1, 0.15) is 5.56 Å². The van der Waals surface area contributed by atoms with Gasteiger partial charge in [-0.25, -0.2) is 0 Å². The Morgan fingerprint density at radius 3 is 3.08 bits per heavy atom. The van der Waals surface area contributed by atoms with E-state index in [-0.39, 0.29) is 0 Å². The third-order valence-corrected chi connectivity index (χ3v) is 2.49. The van der Waals surface area contributed by atoms with Gasteiger partial charge in [0, 0.05) is 21.6 Å². The van der Waals surface area contributed by atoms with Crippen molar-refractivity contribution in [3.63, 3.8) is 0 Å². The van der Waals surface area contributed by atoms with Gasteiger partial charge < -0.3 is 4.98 Å². The fourth-order valence-corrected chi connectivity index (χ4v) is 1.75. The Bertz CT molecular complexity index is 479. The Balaban J connectivity index is 2.63. The summed E-state index contributed by atoms with van der Waals surface area (Å²) in [4.78, 5) is 3.13. The predicted octanol–water partition coefficient (Wildman–Crippen LogP) is 3.00. The summed E-state index contributed by atoms with van der Waals surface area (Å²) >= 11 is 3.40. The van der Waals surface area contributed by atoms with Crippen LogP contribution in [0.15, 0.2) is 28.9 Å². The quantitative estimate of drug-likeness (QED) is 0.810. The summed E-state index contributed by atoms with van der Waals surface area (Å²) in [6, 6.07) is 8.15. The van der Waals surface area contributed by atoms with E-state index in [4.69, 9.17) is 5.26 Å². The van der Waals surface area contributed by atoms with Gasteiger partial charge in [-0.3, -0.25) is 0 Å². The summed E-state index contributed by atoms with van der Waals surface area (Å²) in [6.07, 6.45) is 2.35. The second kappa shape index (κ2) is 3.23. The van der Waals surface area contributed by atoms with Crippen LogP contribution in [0.2, 0.25) is 0 Å². The van der Waals surface area contributed by atoms with Gasteiger partial charge in [0.1, 0.15) is 0 Å². The molecule has 1 aromatic heterocycles. The molecule has 1 aromatic carbocycles. The number of hydrogen-bond donors (Lipinski definition) is 1. The number of benzene rings is 1. The molecule has 1 heterocycles. The van der Waals surface area contributed by atoms with Gasteiger partial charge in [-0.15, -0.1) is 0 Å². The Kier molecular flexibility index (Phi) is 2.07. The van der Waals surface area contributed by atoms with Crippen molar-refractivity contribution in [2.24, 2.45) is 0 Å². The third-order valence-electron chi connectivity index (χ3n) is 2.00. The van der Waals surface area contributed by atoms with E-state index in [1.54, 1.807) is 0 Å². The Labute approximate surface area is 84.3 Å². The molecule has 0 radical (unpaired) electrons. The van der Waals surface area contributed by atoms with E-state index in [1.165, 1.54) is 0 Å². The van der Waals surface area contributed by atoms with E-state index in [9.17, 15) is 0 Å². The molecule has 0 aliphatic rings. The molecule has 0 fully saturated rings. The smallest absolute Gasteiger partial charge is 0.0670 e. The van der Waals surface area contributed by atoms with Crippen LogP contribution in [0.25, 0.3) is 10.9 Å². The Morgan fingerprint density at radius 2 is 2.31 bits per heavy atom. The molecule has 0 saturated carbocycles. The predicted molar refractivity (Wildman–Crippen MR) is 55.3 cm³/mol. The van der Waals surface area contributed by atoms with Crippen molar-refractivity contribution < 1.29 is 0 Å². The zero-order valence-corrected chi connectivity index (χ0v) is 8.43. The molecule has 64 valence electrons. The number of aromatic nitrogens is 1. The summed E-state index contributed by atoms with van der Waals surface area (Å²) < 4.78 is 1.05. The molecular weight excluding hydrogens is 228 g/mol. The number of aromatic amines is 1. The zero-order chi connectivity index (χ0) is 9.26. The number of rotatable bonds is 1. The van der Waals surface area contributed by atoms with Gasteiger partial charge >= 0.3 is 0 Å². The van der Waals surface area contributed by atoms with Crippen LogP contribution in [0.5, 0.6) is 0 Å². The van der Waals surface area contributed by atoms with E-state index in [0.29, 0.717) is 6.42 Å². The summed E-state index contributed by atoms with van der Waals surface area (Å²) in [5.41, 5.74) is 2.13. The molecule has 13 heavy (non-hydrogen) atoms. The average Bonchev–Trinajstić information content (AvgIpc) is 2.49. The van der Waals surface area contributed by atoms with E-state index in [0.717, 1.165) is 20.9 Å². The molecule has 3 heteroatoms. The highest BCUT2D eigenvalue weighted by molar-refractivity contribution is 9.10. The highest BCUT2D eigenvalue weighted by Gasteiger charge is 2.02. The molecule has 0 aliphatic carbocycles. The van der Waals surface area contributed by atoms with Crippen molar-refractivity contribution in [1.29, 1.82) is 5.26 Å². The van der Waals surface area contributed by atoms with Crippen LogP contribution < -0.4 is 0 Å². The molecule has 0 saturated heterocycles. The molecule has 0 amide bonds. The van der Waals surface area contributed by atoms with Gasteiger partial charge in [0.25, 0.3) is 0 Å². The van der Waals surface area contributed by atoms with E-state index >= 15 is 0 Å². The highest BCUT2D eigenvalue weighted by atomic mass is 79.9. The molecule has 0 aliphatic heterocycles. The molecule has 1 N–H and O–H groups in total. The normalized spacial score (nSPS) is 10.2. The monoisotopic (exact) mass is 234 g/mol. The number of nitrogens with zero attached hydrogens (tertiary/aromatic N) is 1. The topological polar surface area (TPSA) is 39.6 Å². The second-order valence-corrected chi connectivity index (χ2v) is 3.75. The maximum absolute atomic E-state index is 8.58. The second-order valence-electron chi connectivity index (χ2n) is 2.84. The highest BCUT2D eigenvalue weighted by Crippen LogP contribution is 2.22. The van der Waals surface area contributed by atoms with Gasteiger partial charge in [-0.2, -0.15) is 5.26 Å². The minimum absolute atomic E-state index is 0.460. The summed E-state index contributed by atoms with van der Waals surface area (Å²) in [5, 5.41) is 9.71.